The van der Waals surface area contributed by atoms with E-state index in [1.165, 1.54) is 6.26 Å². The van der Waals surface area contributed by atoms with Crippen molar-refractivity contribution in [3.63, 3.8) is 0 Å². The van der Waals surface area contributed by atoms with Crippen molar-refractivity contribution in [2.24, 2.45) is 0 Å². The van der Waals surface area contributed by atoms with Crippen LogP contribution in [0.15, 0.2) is 47.1 Å². The topological polar surface area (TPSA) is 77.8 Å². The number of carbonyl (C=O) groups is 2. The molecule has 0 saturated carbocycles. The van der Waals surface area contributed by atoms with Crippen molar-refractivity contribution in [2.75, 3.05) is 19.0 Å². The molecule has 0 saturated heterocycles. The van der Waals surface area contributed by atoms with E-state index in [1.807, 2.05) is 38.1 Å². The lowest BCUT2D eigenvalue weighted by Gasteiger charge is -2.08. The molecule has 0 aliphatic heterocycles. The molecule has 6 heteroatoms. The molecule has 3 aromatic rings. The molecule has 0 atom stereocenters. The zero-order valence-corrected chi connectivity index (χ0v) is 15.5. The SMILES string of the molecule is COc1ccc2c(CC(=O)OCC(=O)Nc3ccc(C)c(C)c3)coc2c1. The minimum Gasteiger partial charge on any atom is -0.497 e. The maximum Gasteiger partial charge on any atom is 0.310 e. The number of ether oxygens (including phenoxy) is 2. The predicted molar refractivity (Wildman–Crippen MR) is 102 cm³/mol. The fourth-order valence-corrected chi connectivity index (χ4v) is 2.70. The zero-order chi connectivity index (χ0) is 19.4. The summed E-state index contributed by atoms with van der Waals surface area (Å²) in [6.45, 7) is 3.63. The Bertz CT molecular complexity index is 989. The number of nitrogens with one attached hydrogen (secondary N) is 1. The second kappa shape index (κ2) is 7.95. The first-order chi connectivity index (χ1) is 13.0. The van der Waals surface area contributed by atoms with Gasteiger partial charge in [0.25, 0.3) is 5.91 Å². The smallest absolute Gasteiger partial charge is 0.310 e. The van der Waals surface area contributed by atoms with Crippen molar-refractivity contribution >= 4 is 28.5 Å². The monoisotopic (exact) mass is 367 g/mol. The third-order valence-corrected chi connectivity index (χ3v) is 4.35. The summed E-state index contributed by atoms with van der Waals surface area (Å²) in [7, 11) is 1.57. The van der Waals surface area contributed by atoms with Crippen LogP contribution in [0.1, 0.15) is 16.7 Å². The van der Waals surface area contributed by atoms with E-state index in [9.17, 15) is 9.59 Å². The number of esters is 1. The fourth-order valence-electron chi connectivity index (χ4n) is 2.70. The molecular weight excluding hydrogens is 346 g/mol. The van der Waals surface area contributed by atoms with Crippen molar-refractivity contribution < 1.29 is 23.5 Å². The van der Waals surface area contributed by atoms with Gasteiger partial charge in [-0.25, -0.2) is 0 Å². The van der Waals surface area contributed by atoms with Crippen molar-refractivity contribution in [3.05, 3.63) is 59.4 Å². The van der Waals surface area contributed by atoms with Crippen molar-refractivity contribution in [1.29, 1.82) is 0 Å². The van der Waals surface area contributed by atoms with Crippen molar-refractivity contribution in [3.8, 4) is 5.75 Å². The van der Waals surface area contributed by atoms with Crippen LogP contribution in [0.2, 0.25) is 0 Å². The van der Waals surface area contributed by atoms with Crippen LogP contribution in [0.3, 0.4) is 0 Å². The summed E-state index contributed by atoms with van der Waals surface area (Å²) < 4.78 is 15.7. The maximum absolute atomic E-state index is 12.1. The number of rotatable bonds is 6. The quantitative estimate of drug-likeness (QED) is 0.671. The fraction of sp³-hybridized carbons (Fsp3) is 0.238. The van der Waals surface area contributed by atoms with Crippen molar-refractivity contribution in [2.45, 2.75) is 20.3 Å². The Balaban J connectivity index is 1.55. The molecule has 140 valence electrons. The van der Waals surface area contributed by atoms with Gasteiger partial charge in [-0.1, -0.05) is 6.07 Å². The molecule has 1 aromatic heterocycles. The molecule has 2 aromatic carbocycles. The van der Waals surface area contributed by atoms with Gasteiger partial charge in [0.2, 0.25) is 0 Å². The lowest BCUT2D eigenvalue weighted by molar-refractivity contribution is -0.146. The molecule has 6 nitrogen and oxygen atoms in total. The minimum absolute atomic E-state index is 0.0241. The number of fused-ring (bicyclic) bond motifs is 1. The van der Waals surface area contributed by atoms with Crippen LogP contribution >= 0.6 is 0 Å². The number of methoxy groups -OCH3 is 1. The maximum atomic E-state index is 12.1. The summed E-state index contributed by atoms with van der Waals surface area (Å²) in [5.74, 6) is -0.203. The average molecular weight is 367 g/mol. The highest BCUT2D eigenvalue weighted by Crippen LogP contribution is 2.26. The number of hydrogen-bond donors (Lipinski definition) is 1. The Morgan fingerprint density at radius 2 is 1.89 bits per heavy atom. The highest BCUT2D eigenvalue weighted by Gasteiger charge is 2.14. The number of benzene rings is 2. The first-order valence-corrected chi connectivity index (χ1v) is 8.53. The molecule has 1 N–H and O–H groups in total. The Labute approximate surface area is 157 Å². The molecule has 3 rings (SSSR count). The summed E-state index contributed by atoms with van der Waals surface area (Å²) in [4.78, 5) is 24.0. The Morgan fingerprint density at radius 1 is 1.07 bits per heavy atom. The lowest BCUT2D eigenvalue weighted by Crippen LogP contribution is -2.21. The van der Waals surface area contributed by atoms with E-state index in [0.29, 0.717) is 22.6 Å². The van der Waals surface area contributed by atoms with Crippen LogP contribution in [0.5, 0.6) is 5.75 Å². The van der Waals surface area contributed by atoms with E-state index in [1.54, 1.807) is 19.2 Å². The molecule has 0 bridgehead atoms. The van der Waals surface area contributed by atoms with E-state index in [4.69, 9.17) is 13.9 Å². The van der Waals surface area contributed by atoms with Gasteiger partial charge in [-0.15, -0.1) is 0 Å². The zero-order valence-electron chi connectivity index (χ0n) is 15.5. The third kappa shape index (κ3) is 4.47. The molecule has 1 heterocycles. The lowest BCUT2D eigenvalue weighted by atomic mass is 10.1. The predicted octanol–water partition coefficient (Wildman–Crippen LogP) is 3.78. The van der Waals surface area contributed by atoms with Crippen LogP contribution in [0.4, 0.5) is 5.69 Å². The molecule has 0 fully saturated rings. The Morgan fingerprint density at radius 3 is 2.63 bits per heavy atom. The van der Waals surface area contributed by atoms with Gasteiger partial charge >= 0.3 is 5.97 Å². The summed E-state index contributed by atoms with van der Waals surface area (Å²) in [6, 6.07) is 11.0. The second-order valence-corrected chi connectivity index (χ2v) is 6.31. The molecule has 27 heavy (non-hydrogen) atoms. The summed E-state index contributed by atoms with van der Waals surface area (Å²) in [5.41, 5.74) is 4.23. The standard InChI is InChI=1S/C21H21NO5/c1-13-4-5-16(8-14(13)2)22-20(23)12-27-21(24)9-15-11-26-19-10-17(25-3)6-7-18(15)19/h4-8,10-11H,9,12H2,1-3H3,(H,22,23). The van der Waals surface area contributed by atoms with Gasteiger partial charge < -0.3 is 19.2 Å². The van der Waals surface area contributed by atoms with E-state index in [0.717, 1.165) is 16.5 Å². The van der Waals surface area contributed by atoms with Gasteiger partial charge in [-0.3, -0.25) is 9.59 Å². The third-order valence-electron chi connectivity index (χ3n) is 4.35. The number of hydrogen-bond acceptors (Lipinski definition) is 5. The van der Waals surface area contributed by atoms with Crippen LogP contribution < -0.4 is 10.1 Å². The Hall–Kier alpha value is -3.28. The molecule has 0 aliphatic carbocycles. The van der Waals surface area contributed by atoms with Gasteiger partial charge in [0, 0.05) is 22.7 Å². The van der Waals surface area contributed by atoms with Gasteiger partial charge in [-0.05, 0) is 49.2 Å². The molecule has 0 radical (unpaired) electrons. The number of anilines is 1. The van der Waals surface area contributed by atoms with Crippen molar-refractivity contribution in [1.82, 2.24) is 0 Å². The second-order valence-electron chi connectivity index (χ2n) is 6.31. The summed E-state index contributed by atoms with van der Waals surface area (Å²) >= 11 is 0. The van der Waals surface area contributed by atoms with E-state index < -0.39 is 5.97 Å². The van der Waals surface area contributed by atoms with Gasteiger partial charge in [0.05, 0.1) is 19.8 Å². The number of furan rings is 1. The largest absolute Gasteiger partial charge is 0.497 e. The van der Waals surface area contributed by atoms with Gasteiger partial charge in [0.15, 0.2) is 6.61 Å². The Kier molecular flexibility index (Phi) is 5.45. The van der Waals surface area contributed by atoms with Crippen LogP contribution in [-0.4, -0.2) is 25.6 Å². The van der Waals surface area contributed by atoms with Gasteiger partial charge in [0.1, 0.15) is 11.3 Å². The van der Waals surface area contributed by atoms with Gasteiger partial charge in [-0.2, -0.15) is 0 Å². The highest BCUT2D eigenvalue weighted by atomic mass is 16.5. The molecule has 0 spiro atoms. The minimum atomic E-state index is -0.497. The van der Waals surface area contributed by atoms with E-state index >= 15 is 0 Å². The number of amides is 1. The highest BCUT2D eigenvalue weighted by molar-refractivity contribution is 5.93. The molecular formula is C21H21NO5. The first-order valence-electron chi connectivity index (χ1n) is 8.53. The van der Waals surface area contributed by atoms with Crippen LogP contribution in [-0.2, 0) is 20.7 Å². The summed E-state index contributed by atoms with van der Waals surface area (Å²) in [6.07, 6.45) is 1.54. The average Bonchev–Trinajstić information content (AvgIpc) is 3.05. The number of carbonyl (C=O) groups excluding carboxylic acids is 2. The first kappa shape index (κ1) is 18.5. The van der Waals surface area contributed by atoms with E-state index in [2.05, 4.69) is 5.32 Å². The van der Waals surface area contributed by atoms with E-state index in [-0.39, 0.29) is 18.9 Å². The molecule has 0 aliphatic rings. The molecule has 0 unspecified atom stereocenters. The van der Waals surface area contributed by atoms with Crippen LogP contribution in [0.25, 0.3) is 11.0 Å². The van der Waals surface area contributed by atoms with Crippen LogP contribution in [0, 0.1) is 13.8 Å². The number of aryl methyl sites for hydroxylation is 2. The molecule has 1 amide bonds. The summed E-state index contributed by atoms with van der Waals surface area (Å²) in [5, 5.41) is 3.53. The normalized spacial score (nSPS) is 10.6.